The predicted octanol–water partition coefficient (Wildman–Crippen LogP) is 6.09. The summed E-state index contributed by atoms with van der Waals surface area (Å²) in [6, 6.07) is 16.9. The van der Waals surface area contributed by atoms with Crippen molar-refractivity contribution in [3.8, 4) is 16.9 Å². The number of nitrogens with one attached hydrogen (secondary N) is 2. The molecule has 0 saturated heterocycles. The van der Waals surface area contributed by atoms with Crippen LogP contribution in [0.1, 0.15) is 24.2 Å². The molecule has 8 heteroatoms. The Labute approximate surface area is 196 Å². The maximum absolute atomic E-state index is 14.5. The Morgan fingerprint density at radius 3 is 2.38 bits per heavy atom. The van der Waals surface area contributed by atoms with E-state index in [1.807, 2.05) is 6.07 Å². The van der Waals surface area contributed by atoms with Crippen molar-refractivity contribution in [3.05, 3.63) is 77.1 Å². The lowest BCUT2D eigenvalue weighted by molar-refractivity contribution is 0.0996. The normalized spacial score (nSPS) is 10.7. The van der Waals surface area contributed by atoms with Gasteiger partial charge in [0.15, 0.2) is 5.11 Å². The molecule has 0 atom stereocenters. The molecule has 0 heterocycles. The van der Waals surface area contributed by atoms with Crippen molar-refractivity contribution in [3.63, 3.8) is 0 Å². The van der Waals surface area contributed by atoms with Crippen molar-refractivity contribution in [1.29, 1.82) is 0 Å². The van der Waals surface area contributed by atoms with Crippen molar-refractivity contribution >= 4 is 46.2 Å². The van der Waals surface area contributed by atoms with E-state index in [-0.39, 0.29) is 5.56 Å². The zero-order valence-electron chi connectivity index (χ0n) is 17.6. The molecule has 0 bridgehead atoms. The van der Waals surface area contributed by atoms with Gasteiger partial charge in [-0.05, 0) is 60.1 Å². The van der Waals surface area contributed by atoms with Crippen molar-refractivity contribution in [2.24, 2.45) is 11.7 Å². The molecular formula is C24H23ClFN3O2S. The van der Waals surface area contributed by atoms with Gasteiger partial charge in [0.1, 0.15) is 11.6 Å². The third kappa shape index (κ3) is 5.96. The first-order chi connectivity index (χ1) is 15.2. The second-order valence-electron chi connectivity index (χ2n) is 7.54. The van der Waals surface area contributed by atoms with E-state index in [4.69, 9.17) is 34.3 Å². The SMILES string of the molecule is CC(C)COc1ccc(NC(=S)Nc2ccc(-c3cccc(C(N)=O)c3F)cc2)cc1Cl. The van der Waals surface area contributed by atoms with Gasteiger partial charge in [-0.1, -0.05) is 49.7 Å². The molecule has 0 unspecified atom stereocenters. The minimum Gasteiger partial charge on any atom is -0.492 e. The lowest BCUT2D eigenvalue weighted by Crippen LogP contribution is -2.19. The Hall–Kier alpha value is -3.16. The summed E-state index contributed by atoms with van der Waals surface area (Å²) >= 11 is 11.7. The molecule has 0 fully saturated rings. The van der Waals surface area contributed by atoms with Crippen LogP contribution in [0.2, 0.25) is 5.02 Å². The lowest BCUT2D eigenvalue weighted by Gasteiger charge is -2.14. The largest absolute Gasteiger partial charge is 0.492 e. The fraction of sp³-hybridized carbons (Fsp3) is 0.167. The molecule has 0 radical (unpaired) electrons. The van der Waals surface area contributed by atoms with Crippen molar-refractivity contribution in [1.82, 2.24) is 0 Å². The van der Waals surface area contributed by atoms with Crippen LogP contribution >= 0.6 is 23.8 Å². The highest BCUT2D eigenvalue weighted by molar-refractivity contribution is 7.80. The number of benzene rings is 3. The first kappa shape index (κ1) is 23.5. The number of thiocarbonyl (C=S) groups is 1. The molecular weight excluding hydrogens is 449 g/mol. The van der Waals surface area contributed by atoms with Crippen LogP contribution in [0.3, 0.4) is 0 Å². The molecule has 0 spiro atoms. The van der Waals surface area contributed by atoms with E-state index in [1.54, 1.807) is 48.5 Å². The number of primary amides is 1. The number of hydrogen-bond donors (Lipinski definition) is 3. The molecule has 4 N–H and O–H groups in total. The van der Waals surface area contributed by atoms with Crippen LogP contribution in [0.15, 0.2) is 60.7 Å². The highest BCUT2D eigenvalue weighted by Gasteiger charge is 2.13. The van der Waals surface area contributed by atoms with E-state index >= 15 is 0 Å². The van der Waals surface area contributed by atoms with Gasteiger partial charge in [-0.3, -0.25) is 4.79 Å². The second kappa shape index (κ2) is 10.4. The highest BCUT2D eigenvalue weighted by atomic mass is 35.5. The van der Waals surface area contributed by atoms with Crippen LogP contribution in [0.25, 0.3) is 11.1 Å². The van der Waals surface area contributed by atoms with Crippen molar-refractivity contribution < 1.29 is 13.9 Å². The van der Waals surface area contributed by atoms with Gasteiger partial charge in [-0.25, -0.2) is 4.39 Å². The first-order valence-electron chi connectivity index (χ1n) is 9.93. The first-order valence-corrected chi connectivity index (χ1v) is 10.7. The van der Waals surface area contributed by atoms with E-state index in [0.29, 0.717) is 50.9 Å². The minimum atomic E-state index is -0.807. The minimum absolute atomic E-state index is 0.144. The van der Waals surface area contributed by atoms with Crippen LogP contribution in [0.5, 0.6) is 5.75 Å². The summed E-state index contributed by atoms with van der Waals surface area (Å²) in [7, 11) is 0. The van der Waals surface area contributed by atoms with Crippen molar-refractivity contribution in [2.45, 2.75) is 13.8 Å². The van der Waals surface area contributed by atoms with E-state index in [2.05, 4.69) is 24.5 Å². The molecule has 0 aliphatic heterocycles. The summed E-state index contributed by atoms with van der Waals surface area (Å²) in [5.41, 5.74) is 7.41. The third-order valence-electron chi connectivity index (χ3n) is 4.48. The number of ether oxygens (including phenoxy) is 1. The van der Waals surface area contributed by atoms with E-state index in [9.17, 15) is 9.18 Å². The topological polar surface area (TPSA) is 76.4 Å². The summed E-state index contributed by atoms with van der Waals surface area (Å²) in [5.74, 6) is -0.432. The summed E-state index contributed by atoms with van der Waals surface area (Å²) in [6.45, 7) is 4.71. The maximum Gasteiger partial charge on any atom is 0.251 e. The Morgan fingerprint density at radius 2 is 1.75 bits per heavy atom. The van der Waals surface area contributed by atoms with Crippen LogP contribution < -0.4 is 21.1 Å². The smallest absolute Gasteiger partial charge is 0.251 e. The summed E-state index contributed by atoms with van der Waals surface area (Å²) in [4.78, 5) is 11.4. The summed E-state index contributed by atoms with van der Waals surface area (Å²) in [5, 5.41) is 6.99. The Balaban J connectivity index is 1.65. The van der Waals surface area contributed by atoms with Gasteiger partial charge >= 0.3 is 0 Å². The van der Waals surface area contributed by atoms with Crippen LogP contribution in [0.4, 0.5) is 15.8 Å². The molecule has 1 amide bonds. The summed E-state index contributed by atoms with van der Waals surface area (Å²) in [6.07, 6.45) is 0. The van der Waals surface area contributed by atoms with Crippen molar-refractivity contribution in [2.75, 3.05) is 17.2 Å². The second-order valence-corrected chi connectivity index (χ2v) is 8.35. The average molecular weight is 472 g/mol. The molecule has 3 rings (SSSR count). The Kier molecular flexibility index (Phi) is 7.66. The van der Waals surface area contributed by atoms with E-state index in [1.165, 1.54) is 6.07 Å². The van der Waals surface area contributed by atoms with Gasteiger partial charge in [0, 0.05) is 16.9 Å². The standard InChI is InChI=1S/C24H23ClFN3O2S/c1-14(2)13-31-21-11-10-17(12-20(21)25)29-24(32)28-16-8-6-15(7-9-16)18-4-3-5-19(22(18)26)23(27)30/h3-12,14H,13H2,1-2H3,(H2,27,30)(H2,28,29,32). The molecule has 3 aromatic rings. The fourth-order valence-corrected chi connectivity index (χ4v) is 3.39. The molecule has 0 aliphatic rings. The van der Waals surface area contributed by atoms with Gasteiger partial charge in [0.25, 0.3) is 5.91 Å². The zero-order valence-corrected chi connectivity index (χ0v) is 19.2. The number of amides is 1. The molecule has 32 heavy (non-hydrogen) atoms. The van der Waals surface area contributed by atoms with Gasteiger partial charge in [-0.2, -0.15) is 0 Å². The Bertz CT molecular complexity index is 1140. The predicted molar refractivity (Wildman–Crippen MR) is 132 cm³/mol. The Morgan fingerprint density at radius 1 is 1.09 bits per heavy atom. The third-order valence-corrected chi connectivity index (χ3v) is 4.98. The number of nitrogens with two attached hydrogens (primary N) is 1. The van der Waals surface area contributed by atoms with Crippen LogP contribution in [-0.4, -0.2) is 17.6 Å². The molecule has 3 aromatic carbocycles. The molecule has 0 aromatic heterocycles. The number of halogens is 2. The zero-order chi connectivity index (χ0) is 23.3. The number of carbonyl (C=O) groups is 1. The van der Waals surface area contributed by atoms with Gasteiger partial charge in [-0.15, -0.1) is 0 Å². The number of carbonyl (C=O) groups excluding carboxylic acids is 1. The number of rotatable bonds is 7. The van der Waals surface area contributed by atoms with E-state index < -0.39 is 11.7 Å². The quantitative estimate of drug-likeness (QED) is 0.363. The molecule has 0 aliphatic carbocycles. The highest BCUT2D eigenvalue weighted by Crippen LogP contribution is 2.29. The average Bonchev–Trinajstić information content (AvgIpc) is 2.73. The van der Waals surface area contributed by atoms with Crippen LogP contribution in [0, 0.1) is 11.7 Å². The van der Waals surface area contributed by atoms with E-state index in [0.717, 1.165) is 0 Å². The maximum atomic E-state index is 14.5. The van der Waals surface area contributed by atoms with Gasteiger partial charge in [0.2, 0.25) is 0 Å². The number of hydrogen-bond acceptors (Lipinski definition) is 3. The molecule has 5 nitrogen and oxygen atoms in total. The lowest BCUT2D eigenvalue weighted by atomic mass is 10.0. The van der Waals surface area contributed by atoms with Gasteiger partial charge < -0.3 is 21.1 Å². The monoisotopic (exact) mass is 471 g/mol. The summed E-state index contributed by atoms with van der Waals surface area (Å²) < 4.78 is 20.2. The molecule has 0 saturated carbocycles. The fourth-order valence-electron chi connectivity index (χ4n) is 2.92. The molecule has 166 valence electrons. The number of anilines is 2. The van der Waals surface area contributed by atoms with Crippen LogP contribution in [-0.2, 0) is 0 Å². The van der Waals surface area contributed by atoms with Gasteiger partial charge in [0.05, 0.1) is 17.2 Å².